The Kier molecular flexibility index (Phi) is 5.38. The summed E-state index contributed by atoms with van der Waals surface area (Å²) < 4.78 is 3.03. The average molecular weight is 228 g/mol. The molecular weight excluding hydrogens is 222 g/mol. The van der Waals surface area contributed by atoms with Crippen molar-refractivity contribution < 1.29 is 9.84 Å². The molecule has 1 atom stereocenters. The van der Waals surface area contributed by atoms with Crippen LogP contribution in [0.1, 0.15) is 0 Å². The molecule has 1 unspecified atom stereocenters. The van der Waals surface area contributed by atoms with Crippen LogP contribution < -0.4 is 0 Å². The fraction of sp³-hybridized carbons (Fsp3) is 1.00. The zero-order chi connectivity index (χ0) is 8.20. The van der Waals surface area contributed by atoms with Crippen molar-refractivity contribution in [2.24, 2.45) is 0 Å². The molecule has 0 aromatic heterocycles. The SMILES string of the molecule is OCCOC(Cl)C(Cl)(Cl)Cl. The second-order valence-corrected chi connectivity index (χ2v) is 4.22. The highest BCUT2D eigenvalue weighted by molar-refractivity contribution is 6.70. The van der Waals surface area contributed by atoms with E-state index in [1.165, 1.54) is 0 Å². The predicted molar refractivity (Wildman–Crippen MR) is 43.0 cm³/mol. The van der Waals surface area contributed by atoms with Gasteiger partial charge in [-0.1, -0.05) is 46.4 Å². The normalized spacial score (nSPS) is 15.3. The van der Waals surface area contributed by atoms with Gasteiger partial charge in [0.05, 0.1) is 13.2 Å². The molecule has 0 aromatic rings. The first kappa shape index (κ1) is 11.1. The molecule has 0 heterocycles. The van der Waals surface area contributed by atoms with Crippen molar-refractivity contribution >= 4 is 46.4 Å². The molecule has 2 nitrogen and oxygen atoms in total. The third-order valence-electron chi connectivity index (χ3n) is 0.613. The van der Waals surface area contributed by atoms with Gasteiger partial charge in [0, 0.05) is 0 Å². The van der Waals surface area contributed by atoms with Gasteiger partial charge in [0.2, 0.25) is 3.79 Å². The summed E-state index contributed by atoms with van der Waals surface area (Å²) in [5.74, 6) is 0. The molecule has 0 saturated carbocycles. The van der Waals surface area contributed by atoms with E-state index in [-0.39, 0.29) is 13.2 Å². The summed E-state index contributed by atoms with van der Waals surface area (Å²) >= 11 is 21.3. The van der Waals surface area contributed by atoms with E-state index >= 15 is 0 Å². The van der Waals surface area contributed by atoms with Crippen LogP contribution in [-0.2, 0) is 4.74 Å². The van der Waals surface area contributed by atoms with Crippen LogP contribution in [0.3, 0.4) is 0 Å². The van der Waals surface area contributed by atoms with Gasteiger partial charge in [-0.05, 0) is 0 Å². The van der Waals surface area contributed by atoms with Gasteiger partial charge >= 0.3 is 0 Å². The number of rotatable bonds is 3. The van der Waals surface area contributed by atoms with Crippen molar-refractivity contribution in [1.29, 1.82) is 0 Å². The lowest BCUT2D eigenvalue weighted by molar-refractivity contribution is 0.0738. The zero-order valence-electron chi connectivity index (χ0n) is 4.86. The number of hydrogen-bond donors (Lipinski definition) is 1. The van der Waals surface area contributed by atoms with Crippen LogP contribution in [-0.4, -0.2) is 27.7 Å². The van der Waals surface area contributed by atoms with Gasteiger partial charge in [-0.15, -0.1) is 0 Å². The molecule has 0 aromatic carbocycles. The van der Waals surface area contributed by atoms with Crippen molar-refractivity contribution in [2.75, 3.05) is 13.2 Å². The molecule has 6 heteroatoms. The maximum Gasteiger partial charge on any atom is 0.230 e. The Morgan fingerprint density at radius 1 is 1.40 bits per heavy atom. The maximum absolute atomic E-state index is 8.27. The van der Waals surface area contributed by atoms with E-state index in [2.05, 4.69) is 4.74 Å². The molecule has 0 saturated heterocycles. The Bertz CT molecular complexity index is 91.7. The summed E-state index contributed by atoms with van der Waals surface area (Å²) in [6, 6.07) is 0. The van der Waals surface area contributed by atoms with Gasteiger partial charge in [-0.25, -0.2) is 0 Å². The van der Waals surface area contributed by atoms with Crippen LogP contribution in [0, 0.1) is 0 Å². The molecule has 0 fully saturated rings. The van der Waals surface area contributed by atoms with Crippen molar-refractivity contribution in [3.05, 3.63) is 0 Å². The van der Waals surface area contributed by atoms with Gasteiger partial charge in [0.25, 0.3) is 0 Å². The number of halogens is 4. The molecule has 0 amide bonds. The summed E-state index contributed by atoms with van der Waals surface area (Å²) in [6.07, 6.45) is 0. The average Bonchev–Trinajstić information content (AvgIpc) is 1.80. The van der Waals surface area contributed by atoms with Crippen LogP contribution in [0.4, 0.5) is 0 Å². The van der Waals surface area contributed by atoms with E-state index < -0.39 is 9.36 Å². The number of hydrogen-bond acceptors (Lipinski definition) is 2. The van der Waals surface area contributed by atoms with Crippen LogP contribution in [0.25, 0.3) is 0 Å². The summed E-state index contributed by atoms with van der Waals surface area (Å²) in [5, 5.41) is 8.27. The molecule has 0 spiro atoms. The minimum Gasteiger partial charge on any atom is -0.394 e. The smallest absolute Gasteiger partial charge is 0.230 e. The van der Waals surface area contributed by atoms with Gasteiger partial charge in [-0.3, -0.25) is 0 Å². The number of ether oxygens (including phenoxy) is 1. The minimum absolute atomic E-state index is 0.0576. The Labute approximate surface area is 79.0 Å². The molecule has 0 rings (SSSR count). The first-order chi connectivity index (χ1) is 4.48. The highest BCUT2D eigenvalue weighted by atomic mass is 35.6. The molecule has 0 bridgehead atoms. The van der Waals surface area contributed by atoms with Crippen molar-refractivity contribution in [3.8, 4) is 0 Å². The van der Waals surface area contributed by atoms with Crippen molar-refractivity contribution in [2.45, 2.75) is 9.36 Å². The topological polar surface area (TPSA) is 29.5 Å². The van der Waals surface area contributed by atoms with Crippen LogP contribution in [0.2, 0.25) is 0 Å². The predicted octanol–water partition coefficient (Wildman–Crippen LogP) is 1.93. The quantitative estimate of drug-likeness (QED) is 0.747. The lowest BCUT2D eigenvalue weighted by atomic mass is 10.7. The second-order valence-electron chi connectivity index (χ2n) is 1.45. The summed E-state index contributed by atoms with van der Waals surface area (Å²) in [7, 11) is 0. The van der Waals surface area contributed by atoms with Crippen LogP contribution in [0.15, 0.2) is 0 Å². The molecule has 0 aliphatic rings. The Balaban J connectivity index is 3.52. The first-order valence-corrected chi connectivity index (χ1v) is 3.98. The van der Waals surface area contributed by atoms with E-state index in [9.17, 15) is 0 Å². The summed E-state index contributed by atoms with van der Waals surface area (Å²) in [6.45, 7) is -0.0912. The van der Waals surface area contributed by atoms with Gasteiger partial charge in [0.1, 0.15) is 0 Å². The second kappa shape index (κ2) is 4.86. The van der Waals surface area contributed by atoms with E-state index in [1.54, 1.807) is 0 Å². The molecule has 62 valence electrons. The molecule has 0 aliphatic carbocycles. The molecule has 0 radical (unpaired) electrons. The van der Waals surface area contributed by atoms with E-state index in [1.807, 2.05) is 0 Å². The van der Waals surface area contributed by atoms with Gasteiger partial charge < -0.3 is 9.84 Å². The maximum atomic E-state index is 8.27. The molecule has 0 aliphatic heterocycles. The largest absolute Gasteiger partial charge is 0.394 e. The van der Waals surface area contributed by atoms with Crippen LogP contribution >= 0.6 is 46.4 Å². The lowest BCUT2D eigenvalue weighted by Crippen LogP contribution is -2.23. The van der Waals surface area contributed by atoms with E-state index in [0.717, 1.165) is 0 Å². The number of aliphatic hydroxyl groups excluding tert-OH is 1. The van der Waals surface area contributed by atoms with Crippen molar-refractivity contribution in [3.63, 3.8) is 0 Å². The fourth-order valence-electron chi connectivity index (χ4n) is 0.251. The summed E-state index contributed by atoms with van der Waals surface area (Å²) in [4.78, 5) is 0. The molecule has 10 heavy (non-hydrogen) atoms. The lowest BCUT2D eigenvalue weighted by Gasteiger charge is -2.17. The number of alkyl halides is 4. The first-order valence-electron chi connectivity index (χ1n) is 2.41. The Morgan fingerprint density at radius 3 is 2.20 bits per heavy atom. The Morgan fingerprint density at radius 2 is 1.90 bits per heavy atom. The minimum atomic E-state index is -1.64. The standard InChI is InChI=1S/C4H6Cl4O2/c5-3(4(6,7)8)10-2-1-9/h3,9H,1-2H2. The van der Waals surface area contributed by atoms with Gasteiger partial charge in [0.15, 0.2) is 5.56 Å². The third-order valence-corrected chi connectivity index (χ3v) is 2.00. The van der Waals surface area contributed by atoms with E-state index in [4.69, 9.17) is 51.5 Å². The van der Waals surface area contributed by atoms with E-state index in [0.29, 0.717) is 0 Å². The fourth-order valence-corrected chi connectivity index (χ4v) is 0.529. The third kappa shape index (κ3) is 4.83. The number of aliphatic hydroxyl groups is 1. The monoisotopic (exact) mass is 226 g/mol. The molecule has 1 N–H and O–H groups in total. The van der Waals surface area contributed by atoms with Crippen molar-refractivity contribution in [1.82, 2.24) is 0 Å². The highest BCUT2D eigenvalue weighted by Gasteiger charge is 2.31. The zero-order valence-corrected chi connectivity index (χ0v) is 7.88. The van der Waals surface area contributed by atoms with Crippen LogP contribution in [0.5, 0.6) is 0 Å². The highest BCUT2D eigenvalue weighted by Crippen LogP contribution is 2.34. The Hall–Kier alpha value is 1.08. The van der Waals surface area contributed by atoms with Gasteiger partial charge in [-0.2, -0.15) is 0 Å². The molecular formula is C4H6Cl4O2. The summed E-state index contributed by atoms with van der Waals surface area (Å²) in [5.41, 5.74) is -1.02.